The first-order chi connectivity index (χ1) is 8.72. The Morgan fingerprint density at radius 1 is 1.17 bits per heavy atom. The van der Waals surface area contributed by atoms with Gasteiger partial charge < -0.3 is 4.74 Å². The van der Waals surface area contributed by atoms with Gasteiger partial charge in [-0.05, 0) is 52.9 Å². The van der Waals surface area contributed by atoms with Crippen molar-refractivity contribution in [2.45, 2.75) is 0 Å². The normalized spacial score (nSPS) is 10.7. The number of fused-ring (bicyclic) bond motifs is 1. The van der Waals surface area contributed by atoms with Gasteiger partial charge in [0.25, 0.3) is 0 Å². The molecule has 0 bridgehead atoms. The highest BCUT2D eigenvalue weighted by molar-refractivity contribution is 14.1. The highest BCUT2D eigenvalue weighted by Gasteiger charge is 2.04. The summed E-state index contributed by atoms with van der Waals surface area (Å²) < 4.78 is 7.82. The fourth-order valence-corrected chi connectivity index (χ4v) is 1.82. The predicted molar refractivity (Wildman–Crippen MR) is 72.8 cm³/mol. The van der Waals surface area contributed by atoms with Crippen LogP contribution >= 0.6 is 22.6 Å². The fraction of sp³-hybridized carbons (Fsp3) is 0. The van der Waals surface area contributed by atoms with Crippen LogP contribution in [0.5, 0.6) is 11.6 Å². The molecule has 0 aliphatic heterocycles. The summed E-state index contributed by atoms with van der Waals surface area (Å²) >= 11 is 2.21. The van der Waals surface area contributed by atoms with E-state index >= 15 is 0 Å². The first-order valence-electron chi connectivity index (χ1n) is 5.10. The Kier molecular flexibility index (Phi) is 2.74. The minimum absolute atomic E-state index is 0.340. The highest BCUT2D eigenvalue weighted by Crippen LogP contribution is 2.19. The van der Waals surface area contributed by atoms with E-state index < -0.39 is 5.69 Å². The molecule has 0 atom stereocenters. The molecule has 2 aromatic heterocycles. The maximum absolute atomic E-state index is 11.4. The molecular weight excluding hydrogens is 347 g/mol. The molecule has 0 aliphatic carbocycles. The number of H-pyrrole nitrogens is 1. The molecule has 0 unspecified atom stereocenters. The van der Waals surface area contributed by atoms with Crippen molar-refractivity contribution >= 4 is 28.2 Å². The first kappa shape index (κ1) is 11.2. The Hall–Kier alpha value is -1.90. The topological polar surface area (TPSA) is 72.3 Å². The average Bonchev–Trinajstić information content (AvgIpc) is 2.74. The first-order valence-corrected chi connectivity index (χ1v) is 6.18. The van der Waals surface area contributed by atoms with Crippen molar-refractivity contribution in [3.05, 3.63) is 50.5 Å². The zero-order chi connectivity index (χ0) is 12.5. The monoisotopic (exact) mass is 354 g/mol. The van der Waals surface area contributed by atoms with Gasteiger partial charge in [-0.3, -0.25) is 0 Å². The van der Waals surface area contributed by atoms with E-state index in [1.165, 1.54) is 0 Å². The summed E-state index contributed by atoms with van der Waals surface area (Å²) in [5, 5.41) is 10.1. The van der Waals surface area contributed by atoms with Crippen molar-refractivity contribution in [2.75, 3.05) is 0 Å². The molecule has 6 nitrogen and oxygen atoms in total. The molecule has 18 heavy (non-hydrogen) atoms. The quantitative estimate of drug-likeness (QED) is 0.713. The summed E-state index contributed by atoms with van der Waals surface area (Å²) in [5.74, 6) is 1.01. The summed E-state index contributed by atoms with van der Waals surface area (Å²) in [6.45, 7) is 0. The minimum atomic E-state index is -0.391. The molecule has 0 fully saturated rings. The average molecular weight is 354 g/mol. The standard InChI is InChI=1S/C11H7IN4O2/c12-7-1-3-8(4-2-7)18-10-6-5-9-13-14-11(17)16(9)15-10/h1-6H,(H,14,17). The summed E-state index contributed by atoms with van der Waals surface area (Å²) in [6, 6.07) is 10.9. The number of ether oxygens (including phenoxy) is 1. The largest absolute Gasteiger partial charge is 0.438 e. The van der Waals surface area contributed by atoms with Crippen LogP contribution < -0.4 is 10.4 Å². The van der Waals surface area contributed by atoms with Crippen LogP contribution in [0.4, 0.5) is 0 Å². The lowest BCUT2D eigenvalue weighted by Crippen LogP contribution is -2.12. The second-order valence-corrected chi connectivity index (χ2v) is 4.77. The van der Waals surface area contributed by atoms with Crippen LogP contribution in [0.2, 0.25) is 0 Å². The fourth-order valence-electron chi connectivity index (χ4n) is 1.46. The van der Waals surface area contributed by atoms with Crippen molar-refractivity contribution in [1.29, 1.82) is 0 Å². The number of aromatic amines is 1. The number of halogens is 1. The molecule has 1 aromatic carbocycles. The molecule has 0 spiro atoms. The molecule has 3 rings (SSSR count). The van der Waals surface area contributed by atoms with E-state index in [1.54, 1.807) is 12.1 Å². The molecular formula is C11H7IN4O2. The van der Waals surface area contributed by atoms with Crippen LogP contribution in [0.1, 0.15) is 0 Å². The third-order valence-corrected chi connectivity index (χ3v) is 3.00. The molecule has 90 valence electrons. The Labute approximate surface area is 115 Å². The highest BCUT2D eigenvalue weighted by atomic mass is 127. The number of nitrogens with one attached hydrogen (secondary N) is 1. The summed E-state index contributed by atoms with van der Waals surface area (Å²) in [7, 11) is 0. The third kappa shape index (κ3) is 2.08. The van der Waals surface area contributed by atoms with Crippen LogP contribution in [0.15, 0.2) is 41.2 Å². The zero-order valence-corrected chi connectivity index (χ0v) is 11.2. The van der Waals surface area contributed by atoms with Gasteiger partial charge in [0, 0.05) is 9.64 Å². The molecule has 3 aromatic rings. The van der Waals surface area contributed by atoms with E-state index in [9.17, 15) is 4.79 Å². The molecule has 0 radical (unpaired) electrons. The molecule has 0 saturated carbocycles. The number of hydrogen-bond acceptors (Lipinski definition) is 4. The van der Waals surface area contributed by atoms with Gasteiger partial charge in [-0.1, -0.05) is 0 Å². The lowest BCUT2D eigenvalue weighted by molar-refractivity contribution is 0.451. The second-order valence-electron chi connectivity index (χ2n) is 3.53. The summed E-state index contributed by atoms with van der Waals surface area (Å²) in [4.78, 5) is 11.4. The van der Waals surface area contributed by atoms with Crippen LogP contribution in [0, 0.1) is 3.57 Å². The van der Waals surface area contributed by atoms with Crippen LogP contribution in [-0.2, 0) is 0 Å². The number of hydrogen-bond donors (Lipinski definition) is 1. The molecule has 0 amide bonds. The lowest BCUT2D eigenvalue weighted by atomic mass is 10.3. The van der Waals surface area contributed by atoms with E-state index in [0.29, 0.717) is 17.3 Å². The number of benzene rings is 1. The summed E-state index contributed by atoms with van der Waals surface area (Å²) in [5.41, 5.74) is 0.0630. The Morgan fingerprint density at radius 3 is 2.72 bits per heavy atom. The van der Waals surface area contributed by atoms with E-state index in [4.69, 9.17) is 4.74 Å². The number of rotatable bonds is 2. The van der Waals surface area contributed by atoms with E-state index in [0.717, 1.165) is 8.09 Å². The number of nitrogens with zero attached hydrogens (tertiary/aromatic N) is 3. The maximum Gasteiger partial charge on any atom is 0.364 e. The predicted octanol–water partition coefficient (Wildman–Crippen LogP) is 1.81. The van der Waals surface area contributed by atoms with Crippen molar-refractivity contribution in [3.8, 4) is 11.6 Å². The van der Waals surface area contributed by atoms with Crippen molar-refractivity contribution < 1.29 is 4.74 Å². The minimum Gasteiger partial charge on any atom is -0.438 e. The van der Waals surface area contributed by atoms with Gasteiger partial charge in [0.05, 0.1) is 0 Å². The zero-order valence-electron chi connectivity index (χ0n) is 9.00. The Bertz CT molecular complexity index is 748. The van der Waals surface area contributed by atoms with Gasteiger partial charge in [-0.15, -0.1) is 5.10 Å². The molecule has 7 heteroatoms. The van der Waals surface area contributed by atoms with Gasteiger partial charge in [0.1, 0.15) is 5.75 Å². The van der Waals surface area contributed by atoms with Crippen molar-refractivity contribution in [1.82, 2.24) is 19.8 Å². The SMILES string of the molecule is O=c1[nH]nc2ccc(Oc3ccc(I)cc3)nn12. The van der Waals surface area contributed by atoms with E-state index in [-0.39, 0.29) is 0 Å². The van der Waals surface area contributed by atoms with Gasteiger partial charge in [-0.25, -0.2) is 9.89 Å². The van der Waals surface area contributed by atoms with E-state index in [2.05, 4.69) is 37.9 Å². The summed E-state index contributed by atoms with van der Waals surface area (Å²) in [6.07, 6.45) is 0. The van der Waals surface area contributed by atoms with E-state index in [1.807, 2.05) is 24.3 Å². The maximum atomic E-state index is 11.4. The molecule has 1 N–H and O–H groups in total. The van der Waals surface area contributed by atoms with Gasteiger partial charge in [-0.2, -0.15) is 9.61 Å². The van der Waals surface area contributed by atoms with Crippen molar-refractivity contribution in [3.63, 3.8) is 0 Å². The smallest absolute Gasteiger partial charge is 0.364 e. The van der Waals surface area contributed by atoms with Crippen LogP contribution in [-0.4, -0.2) is 19.8 Å². The second kappa shape index (κ2) is 4.41. The van der Waals surface area contributed by atoms with Crippen molar-refractivity contribution in [2.24, 2.45) is 0 Å². The molecule has 0 saturated heterocycles. The van der Waals surface area contributed by atoms with Gasteiger partial charge >= 0.3 is 5.69 Å². The number of aromatic nitrogens is 4. The lowest BCUT2D eigenvalue weighted by Gasteiger charge is -2.04. The van der Waals surface area contributed by atoms with Crippen LogP contribution in [0.25, 0.3) is 5.65 Å². The molecule has 0 aliphatic rings. The van der Waals surface area contributed by atoms with Gasteiger partial charge in [0.15, 0.2) is 5.65 Å². The Balaban J connectivity index is 1.97. The van der Waals surface area contributed by atoms with Gasteiger partial charge in [0.2, 0.25) is 5.88 Å². The third-order valence-electron chi connectivity index (χ3n) is 2.29. The van der Waals surface area contributed by atoms with Crippen LogP contribution in [0.3, 0.4) is 0 Å². The molecule has 2 heterocycles. The Morgan fingerprint density at radius 2 is 1.94 bits per heavy atom.